The second kappa shape index (κ2) is 9.47. The number of carboxylic acid groups (broad SMARTS) is 1. The third-order valence-electron chi connectivity index (χ3n) is 4.89. The molecule has 0 saturated carbocycles. The lowest BCUT2D eigenvalue weighted by Gasteiger charge is -2.22. The Labute approximate surface area is 169 Å². The molecule has 1 fully saturated rings. The molecule has 1 aromatic carbocycles. The molecule has 8 nitrogen and oxygen atoms in total. The molecular formula is C21H26N2O6. The fourth-order valence-corrected chi connectivity index (χ4v) is 3.29. The van der Waals surface area contributed by atoms with Crippen LogP contribution in [-0.4, -0.2) is 66.2 Å². The first-order chi connectivity index (χ1) is 14.0. The molecule has 8 heteroatoms. The van der Waals surface area contributed by atoms with E-state index < -0.39 is 12.1 Å². The van der Waals surface area contributed by atoms with Gasteiger partial charge < -0.3 is 23.9 Å². The highest BCUT2D eigenvalue weighted by Gasteiger charge is 2.22. The van der Waals surface area contributed by atoms with E-state index in [1.165, 1.54) is 20.3 Å². The van der Waals surface area contributed by atoms with Gasteiger partial charge in [-0.15, -0.1) is 0 Å². The van der Waals surface area contributed by atoms with Crippen LogP contribution < -0.4 is 9.47 Å². The molecule has 3 rings (SSSR count). The molecule has 1 amide bonds. The SMILES string of the molecule is COc1cc(CN2CCCN(C(=O)c3ccco3)CC2)ccc1OC(C)C(=O)O. The Hall–Kier alpha value is -3.00. The third kappa shape index (κ3) is 5.29. The smallest absolute Gasteiger partial charge is 0.344 e. The number of amides is 1. The maximum absolute atomic E-state index is 12.5. The summed E-state index contributed by atoms with van der Waals surface area (Å²) in [6.45, 7) is 5.13. The number of hydrogen-bond donors (Lipinski definition) is 1. The molecular weight excluding hydrogens is 376 g/mol. The number of carboxylic acids is 1. The van der Waals surface area contributed by atoms with Crippen molar-refractivity contribution in [1.82, 2.24) is 9.80 Å². The summed E-state index contributed by atoms with van der Waals surface area (Å²) < 4.78 is 16.0. The predicted octanol–water partition coefficient (Wildman–Crippen LogP) is 2.49. The van der Waals surface area contributed by atoms with Crippen molar-refractivity contribution in [2.24, 2.45) is 0 Å². The number of furan rings is 1. The average Bonchev–Trinajstić information content (AvgIpc) is 3.15. The Balaban J connectivity index is 1.61. The number of methoxy groups -OCH3 is 1. The first-order valence-electron chi connectivity index (χ1n) is 9.59. The molecule has 29 heavy (non-hydrogen) atoms. The van der Waals surface area contributed by atoms with E-state index in [2.05, 4.69) is 4.90 Å². The van der Waals surface area contributed by atoms with E-state index in [0.29, 0.717) is 36.9 Å². The topological polar surface area (TPSA) is 92.5 Å². The molecule has 1 aliphatic heterocycles. The van der Waals surface area contributed by atoms with Crippen LogP contribution >= 0.6 is 0 Å². The number of benzene rings is 1. The van der Waals surface area contributed by atoms with Crippen LogP contribution in [0.1, 0.15) is 29.5 Å². The summed E-state index contributed by atoms with van der Waals surface area (Å²) in [5.74, 6) is 0.161. The van der Waals surface area contributed by atoms with E-state index in [0.717, 1.165) is 25.1 Å². The molecule has 1 unspecified atom stereocenters. The van der Waals surface area contributed by atoms with Gasteiger partial charge in [-0.1, -0.05) is 6.07 Å². The van der Waals surface area contributed by atoms with Gasteiger partial charge in [0.05, 0.1) is 13.4 Å². The van der Waals surface area contributed by atoms with E-state index in [1.54, 1.807) is 18.2 Å². The Kier molecular flexibility index (Phi) is 6.77. The minimum absolute atomic E-state index is 0.0763. The number of hydrogen-bond acceptors (Lipinski definition) is 6. The van der Waals surface area contributed by atoms with Crippen molar-refractivity contribution in [3.63, 3.8) is 0 Å². The van der Waals surface area contributed by atoms with Gasteiger partial charge in [0.25, 0.3) is 5.91 Å². The van der Waals surface area contributed by atoms with E-state index >= 15 is 0 Å². The molecule has 0 radical (unpaired) electrons. The van der Waals surface area contributed by atoms with Crippen LogP contribution in [0.25, 0.3) is 0 Å². The largest absolute Gasteiger partial charge is 0.493 e. The highest BCUT2D eigenvalue weighted by Crippen LogP contribution is 2.29. The second-order valence-electron chi connectivity index (χ2n) is 6.98. The van der Waals surface area contributed by atoms with Gasteiger partial charge in [0.2, 0.25) is 0 Å². The number of rotatable bonds is 7. The molecule has 1 atom stereocenters. The predicted molar refractivity (Wildman–Crippen MR) is 105 cm³/mol. The van der Waals surface area contributed by atoms with Crippen molar-refractivity contribution in [1.29, 1.82) is 0 Å². The summed E-state index contributed by atoms with van der Waals surface area (Å²) in [5, 5.41) is 9.02. The standard InChI is InChI=1S/C21H26N2O6/c1-15(21(25)26)29-17-7-6-16(13-19(17)27-2)14-22-8-4-9-23(11-10-22)20(24)18-5-3-12-28-18/h3,5-7,12-13,15H,4,8-11,14H2,1-2H3,(H,25,26). The zero-order valence-corrected chi connectivity index (χ0v) is 16.7. The average molecular weight is 402 g/mol. The normalized spacial score (nSPS) is 16.1. The van der Waals surface area contributed by atoms with E-state index in [4.69, 9.17) is 19.0 Å². The van der Waals surface area contributed by atoms with Crippen molar-refractivity contribution in [2.75, 3.05) is 33.3 Å². The second-order valence-corrected chi connectivity index (χ2v) is 6.98. The highest BCUT2D eigenvalue weighted by molar-refractivity contribution is 5.91. The van der Waals surface area contributed by atoms with Crippen molar-refractivity contribution < 1.29 is 28.6 Å². The number of aliphatic carboxylic acids is 1. The van der Waals surface area contributed by atoms with Gasteiger partial charge in [0, 0.05) is 32.7 Å². The molecule has 1 saturated heterocycles. The summed E-state index contributed by atoms with van der Waals surface area (Å²) in [7, 11) is 1.53. The third-order valence-corrected chi connectivity index (χ3v) is 4.89. The number of nitrogens with zero attached hydrogens (tertiary/aromatic N) is 2. The zero-order valence-electron chi connectivity index (χ0n) is 16.7. The van der Waals surface area contributed by atoms with Crippen LogP contribution in [0.4, 0.5) is 0 Å². The van der Waals surface area contributed by atoms with Crippen LogP contribution in [0, 0.1) is 0 Å². The van der Waals surface area contributed by atoms with Crippen molar-refractivity contribution in [2.45, 2.75) is 26.0 Å². The van der Waals surface area contributed by atoms with E-state index in [-0.39, 0.29) is 5.91 Å². The molecule has 0 bridgehead atoms. The van der Waals surface area contributed by atoms with Crippen molar-refractivity contribution >= 4 is 11.9 Å². The molecule has 1 aromatic heterocycles. The lowest BCUT2D eigenvalue weighted by molar-refractivity contribution is -0.144. The molecule has 1 aliphatic rings. The lowest BCUT2D eigenvalue weighted by atomic mass is 10.2. The lowest BCUT2D eigenvalue weighted by Crippen LogP contribution is -2.34. The summed E-state index contributed by atoms with van der Waals surface area (Å²) in [6.07, 6.45) is 1.43. The molecule has 2 aromatic rings. The van der Waals surface area contributed by atoms with E-state index in [9.17, 15) is 9.59 Å². The van der Waals surface area contributed by atoms with Crippen LogP contribution in [0.15, 0.2) is 41.0 Å². The van der Waals surface area contributed by atoms with Gasteiger partial charge in [0.1, 0.15) is 0 Å². The number of ether oxygens (including phenoxy) is 2. The van der Waals surface area contributed by atoms with Gasteiger partial charge in [-0.2, -0.15) is 0 Å². The Morgan fingerprint density at radius 2 is 2.00 bits per heavy atom. The maximum Gasteiger partial charge on any atom is 0.344 e. The minimum Gasteiger partial charge on any atom is -0.493 e. The molecule has 2 heterocycles. The molecule has 156 valence electrons. The maximum atomic E-state index is 12.5. The summed E-state index contributed by atoms with van der Waals surface area (Å²) in [5.41, 5.74) is 1.03. The van der Waals surface area contributed by atoms with E-state index in [1.807, 2.05) is 17.0 Å². The summed E-state index contributed by atoms with van der Waals surface area (Å²) >= 11 is 0. The fraction of sp³-hybridized carbons (Fsp3) is 0.429. The monoisotopic (exact) mass is 402 g/mol. The molecule has 0 spiro atoms. The van der Waals surface area contributed by atoms with Gasteiger partial charge >= 0.3 is 5.97 Å². The number of carbonyl (C=O) groups excluding carboxylic acids is 1. The van der Waals surface area contributed by atoms with Crippen LogP contribution in [0.2, 0.25) is 0 Å². The van der Waals surface area contributed by atoms with Gasteiger partial charge in [-0.05, 0) is 43.2 Å². The fourth-order valence-electron chi connectivity index (χ4n) is 3.29. The Bertz CT molecular complexity index is 836. The molecule has 0 aliphatic carbocycles. The van der Waals surface area contributed by atoms with Crippen molar-refractivity contribution in [3.05, 3.63) is 47.9 Å². The van der Waals surface area contributed by atoms with Crippen LogP contribution in [0.3, 0.4) is 0 Å². The minimum atomic E-state index is -1.03. The van der Waals surface area contributed by atoms with Gasteiger partial charge in [0.15, 0.2) is 23.4 Å². The highest BCUT2D eigenvalue weighted by atomic mass is 16.5. The summed E-state index contributed by atoms with van der Waals surface area (Å²) in [6, 6.07) is 8.91. The first kappa shape index (κ1) is 20.7. The Morgan fingerprint density at radius 1 is 1.17 bits per heavy atom. The van der Waals surface area contributed by atoms with Crippen LogP contribution in [0.5, 0.6) is 11.5 Å². The Morgan fingerprint density at radius 3 is 2.69 bits per heavy atom. The van der Waals surface area contributed by atoms with Crippen molar-refractivity contribution in [3.8, 4) is 11.5 Å². The quantitative estimate of drug-likeness (QED) is 0.761. The number of carbonyl (C=O) groups is 2. The molecule has 1 N–H and O–H groups in total. The van der Waals surface area contributed by atoms with Gasteiger partial charge in [-0.25, -0.2) is 4.79 Å². The van der Waals surface area contributed by atoms with Crippen LogP contribution in [-0.2, 0) is 11.3 Å². The summed E-state index contributed by atoms with van der Waals surface area (Å²) in [4.78, 5) is 27.6. The zero-order chi connectivity index (χ0) is 20.8. The van der Waals surface area contributed by atoms with Gasteiger partial charge in [-0.3, -0.25) is 9.69 Å². The first-order valence-corrected chi connectivity index (χ1v) is 9.59.